The average Bonchev–Trinajstić information content (AvgIpc) is 2.75. The lowest BCUT2D eigenvalue weighted by Crippen LogP contribution is -2.34. The number of carbonyl (C=O) groups excluding carboxylic acids is 1. The molecule has 0 amide bonds. The number of ether oxygens (including phenoxy) is 1. The molecule has 0 fully saturated rings. The third kappa shape index (κ3) is 1.37. The summed E-state index contributed by atoms with van der Waals surface area (Å²) in [6.45, 7) is 0. The molecular weight excluding hydrogens is 234 g/mol. The molecule has 0 aromatic heterocycles. The van der Waals surface area contributed by atoms with Crippen LogP contribution >= 0.6 is 11.8 Å². The van der Waals surface area contributed by atoms with Crippen molar-refractivity contribution in [2.45, 2.75) is 4.75 Å². The Labute approximate surface area is 104 Å². The third-order valence-corrected chi connectivity index (χ3v) is 4.59. The predicted octanol–water partition coefficient (Wildman–Crippen LogP) is 2.04. The first kappa shape index (κ1) is 10.6. The van der Waals surface area contributed by atoms with Gasteiger partial charge in [0.25, 0.3) is 0 Å². The molecule has 0 radical (unpaired) electrons. The summed E-state index contributed by atoms with van der Waals surface area (Å²) in [4.78, 5) is 16.1. The largest absolute Gasteiger partial charge is 0.466 e. The van der Waals surface area contributed by atoms with E-state index in [2.05, 4.69) is 11.1 Å². The molecule has 0 N–H and O–H groups in total. The molecule has 0 saturated carbocycles. The number of rotatable bonds is 1. The number of methoxy groups -OCH3 is 1. The van der Waals surface area contributed by atoms with Crippen LogP contribution in [0.25, 0.3) is 0 Å². The lowest BCUT2D eigenvalue weighted by Gasteiger charge is -2.30. The van der Waals surface area contributed by atoms with Crippen LogP contribution < -0.4 is 0 Å². The second kappa shape index (κ2) is 3.74. The predicted molar refractivity (Wildman–Crippen MR) is 69.1 cm³/mol. The van der Waals surface area contributed by atoms with Crippen molar-refractivity contribution in [3.8, 4) is 0 Å². The molecule has 2 aliphatic heterocycles. The Morgan fingerprint density at radius 2 is 2.35 bits per heavy atom. The van der Waals surface area contributed by atoms with E-state index in [0.717, 1.165) is 16.9 Å². The average molecular weight is 245 g/mol. The van der Waals surface area contributed by atoms with Gasteiger partial charge in [0.05, 0.1) is 18.4 Å². The minimum Gasteiger partial charge on any atom is -0.466 e. The van der Waals surface area contributed by atoms with Crippen LogP contribution in [0.5, 0.6) is 0 Å². The zero-order valence-corrected chi connectivity index (χ0v) is 10.2. The van der Waals surface area contributed by atoms with Crippen molar-refractivity contribution in [2.24, 2.45) is 4.99 Å². The number of nitrogens with zero attached hydrogens (tertiary/aromatic N) is 1. The summed E-state index contributed by atoms with van der Waals surface area (Å²) in [6.07, 6.45) is 11.7. The molecule has 4 heteroatoms. The Kier molecular flexibility index (Phi) is 2.33. The van der Waals surface area contributed by atoms with E-state index in [4.69, 9.17) is 4.74 Å². The maximum atomic E-state index is 11.7. The molecular formula is C13H11NO2S. The summed E-state index contributed by atoms with van der Waals surface area (Å²) >= 11 is 1.71. The van der Waals surface area contributed by atoms with Crippen LogP contribution in [0.3, 0.4) is 0 Å². The van der Waals surface area contributed by atoms with E-state index >= 15 is 0 Å². The first-order valence-electron chi connectivity index (χ1n) is 5.34. The van der Waals surface area contributed by atoms with Crippen LogP contribution in [0.2, 0.25) is 0 Å². The number of aliphatic imine (C=N–C) groups is 1. The van der Waals surface area contributed by atoms with Gasteiger partial charge in [-0.05, 0) is 17.7 Å². The van der Waals surface area contributed by atoms with E-state index in [1.165, 1.54) is 7.11 Å². The summed E-state index contributed by atoms with van der Waals surface area (Å²) in [6, 6.07) is 0. The van der Waals surface area contributed by atoms with E-state index < -0.39 is 0 Å². The number of carbonyl (C=O) groups is 1. The fraction of sp³-hybridized carbons (Fsp3) is 0.231. The van der Waals surface area contributed by atoms with Gasteiger partial charge in [-0.15, -0.1) is 11.8 Å². The molecule has 0 aromatic carbocycles. The Morgan fingerprint density at radius 3 is 3.18 bits per heavy atom. The number of hydrogen-bond acceptors (Lipinski definition) is 4. The number of allylic oxidation sites excluding steroid dienone is 4. The zero-order chi connectivity index (χ0) is 11.9. The first-order chi connectivity index (χ1) is 8.28. The summed E-state index contributed by atoms with van der Waals surface area (Å²) in [5.74, 6) is 0.432. The molecule has 3 rings (SSSR count). The van der Waals surface area contributed by atoms with Crippen LogP contribution in [0, 0.1) is 0 Å². The number of hydrogen-bond donors (Lipinski definition) is 0. The highest BCUT2D eigenvalue weighted by molar-refractivity contribution is 8.02. The molecule has 1 aliphatic carbocycles. The van der Waals surface area contributed by atoms with Crippen molar-refractivity contribution in [2.75, 3.05) is 12.9 Å². The first-order valence-corrected chi connectivity index (χ1v) is 6.33. The van der Waals surface area contributed by atoms with Gasteiger partial charge in [-0.1, -0.05) is 18.2 Å². The number of thioether (sulfide) groups is 1. The van der Waals surface area contributed by atoms with Crippen molar-refractivity contribution in [3.05, 3.63) is 47.7 Å². The van der Waals surface area contributed by atoms with E-state index in [9.17, 15) is 4.79 Å². The van der Waals surface area contributed by atoms with E-state index in [0.29, 0.717) is 5.75 Å². The van der Waals surface area contributed by atoms with Crippen molar-refractivity contribution in [1.29, 1.82) is 0 Å². The second-order valence-electron chi connectivity index (χ2n) is 3.96. The fourth-order valence-corrected chi connectivity index (χ4v) is 3.75. The maximum Gasteiger partial charge on any atom is 0.334 e. The Hall–Kier alpha value is -1.55. The lowest BCUT2D eigenvalue weighted by molar-refractivity contribution is -0.136. The SMILES string of the molecule is COC(=O)C1=C2C=CN=C3C=CC=CC32SC1. The van der Waals surface area contributed by atoms with Crippen LogP contribution in [0.15, 0.2) is 52.7 Å². The second-order valence-corrected chi connectivity index (χ2v) is 5.18. The molecule has 3 aliphatic rings. The van der Waals surface area contributed by atoms with Crippen LogP contribution in [-0.2, 0) is 9.53 Å². The Bertz CT molecular complexity index is 540. The summed E-state index contributed by atoms with van der Waals surface area (Å²) < 4.78 is 4.56. The standard InChI is InChI=1S/C13H11NO2S/c1-16-12(15)9-8-17-13-6-3-2-4-11(13)14-7-5-10(9)13/h2-7H,8H2,1H3. The smallest absolute Gasteiger partial charge is 0.334 e. The molecule has 1 unspecified atom stereocenters. The normalized spacial score (nSPS) is 28.9. The molecule has 0 aromatic rings. The fourth-order valence-electron chi connectivity index (χ4n) is 2.31. The molecule has 3 nitrogen and oxygen atoms in total. The Morgan fingerprint density at radius 1 is 1.47 bits per heavy atom. The molecule has 86 valence electrons. The molecule has 1 atom stereocenters. The quantitative estimate of drug-likeness (QED) is 0.663. The maximum absolute atomic E-state index is 11.7. The van der Waals surface area contributed by atoms with Gasteiger partial charge in [-0.2, -0.15) is 0 Å². The van der Waals surface area contributed by atoms with Gasteiger partial charge in [-0.25, -0.2) is 4.79 Å². The zero-order valence-electron chi connectivity index (χ0n) is 9.34. The van der Waals surface area contributed by atoms with Gasteiger partial charge in [0.2, 0.25) is 0 Å². The van der Waals surface area contributed by atoms with Crippen molar-refractivity contribution in [3.63, 3.8) is 0 Å². The summed E-state index contributed by atoms with van der Waals surface area (Å²) in [5, 5.41) is 0. The highest BCUT2D eigenvalue weighted by Gasteiger charge is 2.45. The van der Waals surface area contributed by atoms with Gasteiger partial charge in [0, 0.05) is 12.0 Å². The monoisotopic (exact) mass is 245 g/mol. The van der Waals surface area contributed by atoms with Gasteiger partial charge >= 0.3 is 5.97 Å². The van der Waals surface area contributed by atoms with E-state index in [1.54, 1.807) is 18.0 Å². The van der Waals surface area contributed by atoms with Gasteiger partial charge in [0.1, 0.15) is 4.75 Å². The molecule has 2 heterocycles. The molecule has 17 heavy (non-hydrogen) atoms. The minimum atomic E-state index is -0.271. The van der Waals surface area contributed by atoms with Crippen LogP contribution in [0.4, 0.5) is 0 Å². The van der Waals surface area contributed by atoms with Gasteiger partial charge in [0.15, 0.2) is 0 Å². The number of esters is 1. The molecule has 1 spiro atoms. The van der Waals surface area contributed by atoms with Crippen molar-refractivity contribution >= 4 is 23.4 Å². The lowest BCUT2D eigenvalue weighted by atomic mass is 9.85. The Balaban J connectivity index is 2.16. The molecule has 0 saturated heterocycles. The van der Waals surface area contributed by atoms with Crippen LogP contribution in [-0.4, -0.2) is 29.3 Å². The van der Waals surface area contributed by atoms with E-state index in [1.807, 2.05) is 24.3 Å². The minimum absolute atomic E-state index is 0.238. The third-order valence-electron chi connectivity index (χ3n) is 3.13. The highest BCUT2D eigenvalue weighted by atomic mass is 32.2. The van der Waals surface area contributed by atoms with Gasteiger partial charge < -0.3 is 4.74 Å². The van der Waals surface area contributed by atoms with Crippen LogP contribution in [0.1, 0.15) is 0 Å². The highest BCUT2D eigenvalue weighted by Crippen LogP contribution is 2.48. The summed E-state index contributed by atoms with van der Waals surface area (Å²) in [7, 11) is 1.42. The topological polar surface area (TPSA) is 38.7 Å². The van der Waals surface area contributed by atoms with Crippen molar-refractivity contribution in [1.82, 2.24) is 0 Å². The van der Waals surface area contributed by atoms with E-state index in [-0.39, 0.29) is 10.7 Å². The van der Waals surface area contributed by atoms with Crippen molar-refractivity contribution < 1.29 is 9.53 Å². The summed E-state index contributed by atoms with van der Waals surface area (Å²) in [5.41, 5.74) is 2.75. The van der Waals surface area contributed by atoms with Gasteiger partial charge in [-0.3, -0.25) is 4.99 Å². The molecule has 0 bridgehead atoms.